The van der Waals surface area contributed by atoms with Crippen molar-refractivity contribution in [3.63, 3.8) is 0 Å². The number of hydrazine groups is 1. The molecule has 0 saturated carbocycles. The first-order valence-corrected chi connectivity index (χ1v) is 2.80. The Hall–Kier alpha value is -1.36. The number of nitrogens with one attached hydrogen (secondary N) is 1. The average molecular weight is 139 g/mol. The van der Waals surface area contributed by atoms with Gasteiger partial charge in [-0.15, -0.1) is 0 Å². The minimum atomic E-state index is 0.417. The Labute approximate surface area is 58.4 Å². The van der Waals surface area contributed by atoms with Gasteiger partial charge in [0.15, 0.2) is 0 Å². The summed E-state index contributed by atoms with van der Waals surface area (Å²) in [6.07, 6.45) is 0. The second-order valence-corrected chi connectivity index (χ2v) is 1.87. The zero-order valence-electron chi connectivity index (χ0n) is 5.63. The molecule has 0 atom stereocenters. The van der Waals surface area contributed by atoms with Gasteiger partial charge in [-0.1, -0.05) is 0 Å². The van der Waals surface area contributed by atoms with E-state index in [-0.39, 0.29) is 0 Å². The summed E-state index contributed by atoms with van der Waals surface area (Å²) >= 11 is 0. The zero-order chi connectivity index (χ0) is 7.56. The summed E-state index contributed by atoms with van der Waals surface area (Å²) < 4.78 is 0. The van der Waals surface area contributed by atoms with Gasteiger partial charge in [-0.25, -0.2) is 15.8 Å². The standard InChI is InChI=1S/C5H9N5/c1-3-8-4(6)2-5(9-3)10-7/h2H,7H2,1H3,(H3,6,8,9,10). The summed E-state index contributed by atoms with van der Waals surface area (Å²) in [5.41, 5.74) is 7.77. The molecule has 0 bridgehead atoms. The van der Waals surface area contributed by atoms with Gasteiger partial charge in [-0.2, -0.15) is 0 Å². The highest BCUT2D eigenvalue weighted by atomic mass is 15.3. The van der Waals surface area contributed by atoms with E-state index < -0.39 is 0 Å². The number of hydrogen-bond donors (Lipinski definition) is 3. The maximum atomic E-state index is 5.39. The van der Waals surface area contributed by atoms with E-state index in [2.05, 4.69) is 15.4 Å². The minimum absolute atomic E-state index is 0.417. The van der Waals surface area contributed by atoms with Gasteiger partial charge in [0.25, 0.3) is 0 Å². The van der Waals surface area contributed by atoms with E-state index in [1.807, 2.05) is 0 Å². The molecule has 1 rings (SSSR count). The Kier molecular flexibility index (Phi) is 1.68. The molecule has 5 heteroatoms. The predicted octanol–water partition coefficient (Wildman–Crippen LogP) is -0.347. The van der Waals surface area contributed by atoms with Crippen molar-refractivity contribution in [2.24, 2.45) is 5.84 Å². The van der Waals surface area contributed by atoms with E-state index in [1.165, 1.54) is 0 Å². The number of nitrogen functional groups attached to an aromatic ring is 2. The normalized spacial score (nSPS) is 9.40. The largest absolute Gasteiger partial charge is 0.384 e. The molecule has 1 aromatic heterocycles. The summed E-state index contributed by atoms with van der Waals surface area (Å²) in [4.78, 5) is 7.78. The molecule has 0 saturated heterocycles. The Morgan fingerprint density at radius 1 is 1.50 bits per heavy atom. The lowest BCUT2D eigenvalue weighted by atomic mass is 10.5. The van der Waals surface area contributed by atoms with Gasteiger partial charge in [0.1, 0.15) is 17.5 Å². The number of hydrogen-bond acceptors (Lipinski definition) is 5. The molecule has 0 aliphatic heterocycles. The summed E-state index contributed by atoms with van der Waals surface area (Å²) in [5, 5.41) is 0. The fraction of sp³-hybridized carbons (Fsp3) is 0.200. The minimum Gasteiger partial charge on any atom is -0.384 e. The maximum Gasteiger partial charge on any atom is 0.145 e. The van der Waals surface area contributed by atoms with Crippen LogP contribution < -0.4 is 17.0 Å². The summed E-state index contributed by atoms with van der Waals surface area (Å²) in [6.45, 7) is 1.75. The molecule has 0 fully saturated rings. The lowest BCUT2D eigenvalue weighted by Crippen LogP contribution is -2.10. The smallest absolute Gasteiger partial charge is 0.145 e. The van der Waals surface area contributed by atoms with Crippen molar-refractivity contribution in [2.75, 3.05) is 11.2 Å². The van der Waals surface area contributed by atoms with Crippen LogP contribution in [0.15, 0.2) is 6.07 Å². The molecule has 5 nitrogen and oxygen atoms in total. The summed E-state index contributed by atoms with van der Waals surface area (Å²) in [7, 11) is 0. The fourth-order valence-electron chi connectivity index (χ4n) is 0.665. The van der Waals surface area contributed by atoms with Gasteiger partial charge in [-0.3, -0.25) is 0 Å². The average Bonchev–Trinajstić information content (AvgIpc) is 1.85. The van der Waals surface area contributed by atoms with Crippen LogP contribution in [0.3, 0.4) is 0 Å². The van der Waals surface area contributed by atoms with Crippen LogP contribution in [0.25, 0.3) is 0 Å². The number of nitrogens with two attached hydrogens (primary N) is 2. The van der Waals surface area contributed by atoms with E-state index in [4.69, 9.17) is 11.6 Å². The molecule has 0 unspecified atom stereocenters. The highest BCUT2D eigenvalue weighted by Crippen LogP contribution is 2.04. The Morgan fingerprint density at radius 3 is 2.70 bits per heavy atom. The third-order valence-corrected chi connectivity index (χ3v) is 1.01. The van der Waals surface area contributed by atoms with Crippen molar-refractivity contribution < 1.29 is 0 Å². The topological polar surface area (TPSA) is 89.8 Å². The fourth-order valence-corrected chi connectivity index (χ4v) is 0.665. The van der Waals surface area contributed by atoms with Gasteiger partial charge in [0.2, 0.25) is 0 Å². The van der Waals surface area contributed by atoms with E-state index in [9.17, 15) is 0 Å². The van der Waals surface area contributed by atoms with Crippen LogP contribution in [0.1, 0.15) is 5.82 Å². The van der Waals surface area contributed by atoms with Crippen molar-refractivity contribution in [1.82, 2.24) is 9.97 Å². The van der Waals surface area contributed by atoms with E-state index in [0.29, 0.717) is 17.5 Å². The van der Waals surface area contributed by atoms with Gasteiger partial charge in [-0.05, 0) is 6.92 Å². The number of aromatic nitrogens is 2. The van der Waals surface area contributed by atoms with Crippen LogP contribution in [-0.2, 0) is 0 Å². The van der Waals surface area contributed by atoms with Crippen molar-refractivity contribution in [2.45, 2.75) is 6.92 Å². The van der Waals surface area contributed by atoms with Gasteiger partial charge >= 0.3 is 0 Å². The highest BCUT2D eigenvalue weighted by Gasteiger charge is 1.94. The van der Waals surface area contributed by atoms with E-state index in [0.717, 1.165) is 0 Å². The van der Waals surface area contributed by atoms with Crippen molar-refractivity contribution in [3.8, 4) is 0 Å². The SMILES string of the molecule is Cc1nc(N)cc(NN)n1. The first-order valence-electron chi connectivity index (χ1n) is 2.80. The number of anilines is 2. The van der Waals surface area contributed by atoms with Gasteiger partial charge in [0, 0.05) is 6.07 Å². The molecule has 54 valence electrons. The highest BCUT2D eigenvalue weighted by molar-refractivity contribution is 5.43. The second kappa shape index (κ2) is 2.49. The molecular formula is C5H9N5. The van der Waals surface area contributed by atoms with Crippen molar-refractivity contribution in [1.29, 1.82) is 0 Å². The molecule has 0 aromatic carbocycles. The van der Waals surface area contributed by atoms with E-state index >= 15 is 0 Å². The van der Waals surface area contributed by atoms with Crippen molar-refractivity contribution in [3.05, 3.63) is 11.9 Å². The maximum absolute atomic E-state index is 5.39. The predicted molar refractivity (Wildman–Crippen MR) is 39.0 cm³/mol. The third kappa shape index (κ3) is 1.32. The quantitative estimate of drug-likeness (QED) is 0.365. The molecule has 5 N–H and O–H groups in total. The number of rotatable bonds is 1. The molecule has 0 amide bonds. The van der Waals surface area contributed by atoms with Crippen LogP contribution >= 0.6 is 0 Å². The zero-order valence-corrected chi connectivity index (χ0v) is 5.63. The van der Waals surface area contributed by atoms with Crippen LogP contribution in [0.5, 0.6) is 0 Å². The first kappa shape index (κ1) is 6.76. The number of aryl methyl sites for hydroxylation is 1. The molecule has 1 heterocycles. The van der Waals surface area contributed by atoms with Crippen LogP contribution in [0, 0.1) is 6.92 Å². The molecule has 0 aliphatic carbocycles. The monoisotopic (exact) mass is 139 g/mol. The van der Waals surface area contributed by atoms with Crippen LogP contribution in [0.4, 0.5) is 11.6 Å². The number of nitrogens with zero attached hydrogens (tertiary/aromatic N) is 2. The molecule has 0 aliphatic rings. The Morgan fingerprint density at radius 2 is 2.20 bits per heavy atom. The second-order valence-electron chi connectivity index (χ2n) is 1.87. The molecule has 0 spiro atoms. The molecule has 0 radical (unpaired) electrons. The lowest BCUT2D eigenvalue weighted by Gasteiger charge is -1.99. The summed E-state index contributed by atoms with van der Waals surface area (Å²) in [5.74, 6) is 6.65. The third-order valence-electron chi connectivity index (χ3n) is 1.01. The Bertz CT molecular complexity index is 213. The van der Waals surface area contributed by atoms with Crippen LogP contribution in [-0.4, -0.2) is 9.97 Å². The van der Waals surface area contributed by atoms with Crippen LogP contribution in [0.2, 0.25) is 0 Å². The van der Waals surface area contributed by atoms with Gasteiger partial charge in [0.05, 0.1) is 0 Å². The Balaban J connectivity index is 3.06. The lowest BCUT2D eigenvalue weighted by molar-refractivity contribution is 1.05. The van der Waals surface area contributed by atoms with E-state index in [1.54, 1.807) is 13.0 Å². The van der Waals surface area contributed by atoms with Crippen molar-refractivity contribution >= 4 is 11.6 Å². The first-order chi connectivity index (χ1) is 4.72. The summed E-state index contributed by atoms with van der Waals surface area (Å²) in [6, 6.07) is 1.56. The van der Waals surface area contributed by atoms with Gasteiger partial charge < -0.3 is 11.2 Å². The molecular weight excluding hydrogens is 130 g/mol. The molecule has 10 heavy (non-hydrogen) atoms. The molecule has 1 aromatic rings.